The number of nitrogens with zero attached hydrogens (tertiary/aromatic N) is 2. The van der Waals surface area contributed by atoms with Crippen molar-refractivity contribution >= 4 is 17.3 Å². The maximum absolute atomic E-state index is 12.5. The van der Waals surface area contributed by atoms with Crippen LogP contribution in [0, 0.1) is 0 Å². The zero-order chi connectivity index (χ0) is 14.7. The van der Waals surface area contributed by atoms with E-state index in [0.717, 1.165) is 5.56 Å². The highest BCUT2D eigenvalue weighted by molar-refractivity contribution is 5.99. The predicted octanol–water partition coefficient (Wildman–Crippen LogP) is 2.08. The van der Waals surface area contributed by atoms with E-state index in [2.05, 4.69) is 4.98 Å². The highest BCUT2D eigenvalue weighted by Crippen LogP contribution is 2.23. The van der Waals surface area contributed by atoms with Gasteiger partial charge in [0.25, 0.3) is 5.91 Å². The largest absolute Gasteiger partial charge is 0.399 e. The number of anilines is 2. The molecule has 104 valence electrons. The molecule has 5 heteroatoms. The van der Waals surface area contributed by atoms with Crippen molar-refractivity contribution in [1.29, 1.82) is 0 Å². The Kier molecular flexibility index (Phi) is 3.89. The zero-order valence-corrected chi connectivity index (χ0v) is 11.6. The first-order valence-electron chi connectivity index (χ1n) is 6.32. The Labute approximate surface area is 118 Å². The number of pyridine rings is 1. The average Bonchev–Trinajstić information content (AvgIpc) is 2.46. The molecule has 0 fully saturated rings. The van der Waals surface area contributed by atoms with E-state index in [1.807, 2.05) is 19.1 Å². The lowest BCUT2D eigenvalue weighted by atomic mass is 10.1. The molecule has 0 radical (unpaired) electrons. The lowest BCUT2D eigenvalue weighted by molar-refractivity contribution is 0.0743. The van der Waals surface area contributed by atoms with E-state index in [0.29, 0.717) is 16.9 Å². The first-order chi connectivity index (χ1) is 9.50. The standard InChI is InChI=1S/C15H18N4O/c1-10(11-5-7-18-8-6-11)19(2)15(20)13-4-3-12(16)9-14(13)17/h3-10H,16-17H2,1-2H3. The van der Waals surface area contributed by atoms with Crippen molar-refractivity contribution in [3.8, 4) is 0 Å². The molecule has 2 rings (SSSR count). The SMILES string of the molecule is CC(c1ccncc1)N(C)C(=O)c1ccc(N)cc1N. The van der Waals surface area contributed by atoms with Crippen LogP contribution in [0.25, 0.3) is 0 Å². The van der Waals surface area contributed by atoms with Crippen molar-refractivity contribution in [2.45, 2.75) is 13.0 Å². The number of nitrogens with two attached hydrogens (primary N) is 2. The Morgan fingerprint density at radius 2 is 1.85 bits per heavy atom. The van der Waals surface area contributed by atoms with Crippen LogP contribution < -0.4 is 11.5 Å². The fourth-order valence-electron chi connectivity index (χ4n) is 2.01. The molecule has 0 aliphatic rings. The number of benzene rings is 1. The summed E-state index contributed by atoms with van der Waals surface area (Å²) < 4.78 is 0. The molecule has 2 aromatic rings. The third-order valence-electron chi connectivity index (χ3n) is 3.40. The summed E-state index contributed by atoms with van der Waals surface area (Å²) in [5.74, 6) is -0.133. The van der Waals surface area contributed by atoms with Gasteiger partial charge in [0.1, 0.15) is 0 Å². The van der Waals surface area contributed by atoms with Crippen LogP contribution in [0.2, 0.25) is 0 Å². The van der Waals surface area contributed by atoms with Crippen molar-refractivity contribution in [1.82, 2.24) is 9.88 Å². The van der Waals surface area contributed by atoms with Gasteiger partial charge in [-0.05, 0) is 42.8 Å². The van der Waals surface area contributed by atoms with Crippen LogP contribution in [0.15, 0.2) is 42.7 Å². The van der Waals surface area contributed by atoms with Crippen LogP contribution in [0.3, 0.4) is 0 Å². The van der Waals surface area contributed by atoms with Crippen molar-refractivity contribution in [3.05, 3.63) is 53.9 Å². The van der Waals surface area contributed by atoms with Gasteiger partial charge in [-0.3, -0.25) is 9.78 Å². The summed E-state index contributed by atoms with van der Waals surface area (Å²) in [6.45, 7) is 1.96. The number of nitrogen functional groups attached to an aromatic ring is 2. The molecule has 0 saturated heterocycles. The van der Waals surface area contributed by atoms with E-state index in [1.54, 1.807) is 42.5 Å². The fourth-order valence-corrected chi connectivity index (χ4v) is 2.01. The first-order valence-corrected chi connectivity index (χ1v) is 6.32. The number of amides is 1. The molecule has 0 aliphatic carbocycles. The normalized spacial score (nSPS) is 11.9. The van der Waals surface area contributed by atoms with Crippen LogP contribution in [0.4, 0.5) is 11.4 Å². The van der Waals surface area contributed by atoms with Crippen molar-refractivity contribution < 1.29 is 4.79 Å². The van der Waals surface area contributed by atoms with Gasteiger partial charge in [0.05, 0.1) is 11.6 Å². The minimum atomic E-state index is -0.133. The maximum Gasteiger partial charge on any atom is 0.256 e. The van der Waals surface area contributed by atoms with Crippen LogP contribution in [-0.4, -0.2) is 22.8 Å². The smallest absolute Gasteiger partial charge is 0.256 e. The second-order valence-corrected chi connectivity index (χ2v) is 4.72. The first kappa shape index (κ1) is 13.9. The lowest BCUT2D eigenvalue weighted by Gasteiger charge is -2.25. The summed E-state index contributed by atoms with van der Waals surface area (Å²) in [6, 6.07) is 8.64. The number of carbonyl (C=O) groups is 1. The van der Waals surface area contributed by atoms with E-state index < -0.39 is 0 Å². The van der Waals surface area contributed by atoms with Crippen molar-refractivity contribution in [2.24, 2.45) is 0 Å². The third kappa shape index (κ3) is 2.71. The molecular formula is C15H18N4O. The number of hydrogen-bond donors (Lipinski definition) is 2. The number of hydrogen-bond acceptors (Lipinski definition) is 4. The summed E-state index contributed by atoms with van der Waals surface area (Å²) in [4.78, 5) is 18.1. The third-order valence-corrected chi connectivity index (χ3v) is 3.40. The summed E-state index contributed by atoms with van der Waals surface area (Å²) >= 11 is 0. The van der Waals surface area contributed by atoms with Crippen molar-refractivity contribution in [3.63, 3.8) is 0 Å². The minimum absolute atomic E-state index is 0.0672. The Morgan fingerprint density at radius 1 is 1.20 bits per heavy atom. The lowest BCUT2D eigenvalue weighted by Crippen LogP contribution is -2.30. The quantitative estimate of drug-likeness (QED) is 0.836. The van der Waals surface area contributed by atoms with E-state index in [4.69, 9.17) is 11.5 Å². The Morgan fingerprint density at radius 3 is 2.45 bits per heavy atom. The van der Waals surface area contributed by atoms with E-state index in [9.17, 15) is 4.79 Å². The monoisotopic (exact) mass is 270 g/mol. The maximum atomic E-state index is 12.5. The molecule has 0 aliphatic heterocycles. The molecule has 5 nitrogen and oxygen atoms in total. The van der Waals surface area contributed by atoms with Crippen LogP contribution in [0.1, 0.15) is 28.9 Å². The van der Waals surface area contributed by atoms with Gasteiger partial charge in [-0.25, -0.2) is 0 Å². The molecule has 20 heavy (non-hydrogen) atoms. The van der Waals surface area contributed by atoms with Gasteiger partial charge in [-0.2, -0.15) is 0 Å². The second-order valence-electron chi connectivity index (χ2n) is 4.72. The highest BCUT2D eigenvalue weighted by atomic mass is 16.2. The molecule has 0 spiro atoms. The average molecular weight is 270 g/mol. The van der Waals surface area contributed by atoms with Gasteiger partial charge < -0.3 is 16.4 Å². The van der Waals surface area contributed by atoms with Gasteiger partial charge in [-0.15, -0.1) is 0 Å². The summed E-state index contributed by atoms with van der Waals surface area (Å²) in [5.41, 5.74) is 13.9. The molecule has 4 N–H and O–H groups in total. The van der Waals surface area contributed by atoms with Gasteiger partial charge in [-0.1, -0.05) is 0 Å². The summed E-state index contributed by atoms with van der Waals surface area (Å²) in [6.07, 6.45) is 3.42. The van der Waals surface area contributed by atoms with E-state index in [1.165, 1.54) is 0 Å². The molecule has 1 aromatic heterocycles. The van der Waals surface area contributed by atoms with Gasteiger partial charge in [0.2, 0.25) is 0 Å². The highest BCUT2D eigenvalue weighted by Gasteiger charge is 2.20. The number of aromatic nitrogens is 1. The molecule has 1 heterocycles. The topological polar surface area (TPSA) is 85.2 Å². The summed E-state index contributed by atoms with van der Waals surface area (Å²) in [5, 5.41) is 0. The van der Waals surface area contributed by atoms with Crippen LogP contribution in [0.5, 0.6) is 0 Å². The second kappa shape index (κ2) is 5.61. The van der Waals surface area contributed by atoms with E-state index >= 15 is 0 Å². The Bertz CT molecular complexity index is 613. The molecule has 1 unspecified atom stereocenters. The molecule has 1 aromatic carbocycles. The zero-order valence-electron chi connectivity index (χ0n) is 11.6. The minimum Gasteiger partial charge on any atom is -0.399 e. The number of carbonyl (C=O) groups excluding carboxylic acids is 1. The van der Waals surface area contributed by atoms with E-state index in [-0.39, 0.29) is 11.9 Å². The van der Waals surface area contributed by atoms with Crippen LogP contribution in [-0.2, 0) is 0 Å². The Balaban J connectivity index is 2.24. The fraction of sp³-hybridized carbons (Fsp3) is 0.200. The molecule has 1 amide bonds. The molecule has 0 bridgehead atoms. The van der Waals surface area contributed by atoms with Gasteiger partial charge >= 0.3 is 0 Å². The van der Waals surface area contributed by atoms with Crippen molar-refractivity contribution in [2.75, 3.05) is 18.5 Å². The number of rotatable bonds is 3. The van der Waals surface area contributed by atoms with Gasteiger partial charge in [0.15, 0.2) is 0 Å². The molecule has 0 saturated carbocycles. The van der Waals surface area contributed by atoms with Crippen LogP contribution >= 0.6 is 0 Å². The Hall–Kier alpha value is -2.56. The predicted molar refractivity (Wildman–Crippen MR) is 80.0 cm³/mol. The summed E-state index contributed by atoms with van der Waals surface area (Å²) in [7, 11) is 1.75. The molecule has 1 atom stereocenters. The van der Waals surface area contributed by atoms with Gasteiger partial charge in [0, 0.05) is 30.8 Å². The molecular weight excluding hydrogens is 252 g/mol.